The molecule has 22 heteroatoms. The van der Waals surface area contributed by atoms with Gasteiger partial charge in [-0.25, -0.2) is 0 Å². The maximum absolute atomic E-state index is 14.7. The minimum atomic E-state index is -1.29. The molecular weight excluding hydrogens is 979 g/mol. The lowest BCUT2D eigenvalue weighted by Crippen LogP contribution is -2.60. The lowest BCUT2D eigenvalue weighted by Gasteiger charge is -2.28. The van der Waals surface area contributed by atoms with Crippen molar-refractivity contribution < 1.29 is 38.4 Å². The summed E-state index contributed by atoms with van der Waals surface area (Å²) in [5.74, 6) is -5.40. The first-order chi connectivity index (χ1) is 35.7. The second-order valence-corrected chi connectivity index (χ2v) is 20.6. The van der Waals surface area contributed by atoms with Crippen LogP contribution in [0.1, 0.15) is 104 Å². The quantitative estimate of drug-likeness (QED) is 0.0230. The second-order valence-electron chi connectivity index (χ2n) is 19.6. The third kappa shape index (κ3) is 21.6. The Bertz CT molecular complexity index is 2360. The average Bonchev–Trinajstić information content (AvgIpc) is 3.78. The van der Waals surface area contributed by atoms with Crippen molar-refractivity contribution in [2.24, 2.45) is 45.7 Å². The van der Waals surface area contributed by atoms with Gasteiger partial charge in [0.05, 0.1) is 0 Å². The summed E-state index contributed by atoms with van der Waals surface area (Å²) in [4.78, 5) is 118. The summed E-state index contributed by atoms with van der Waals surface area (Å²) in [5, 5.41) is 20.4. The van der Waals surface area contributed by atoms with Crippen molar-refractivity contribution in [2.75, 3.05) is 25.1 Å². The monoisotopic (exact) mass is 1060 g/mol. The van der Waals surface area contributed by atoms with Gasteiger partial charge in [-0.05, 0) is 99.5 Å². The number of aromatic amines is 1. The van der Waals surface area contributed by atoms with E-state index in [0.29, 0.717) is 56.5 Å². The number of rotatable bonds is 34. The number of unbranched alkanes of at least 4 members (excludes halogenated alkanes) is 1. The van der Waals surface area contributed by atoms with Crippen molar-refractivity contribution in [3.8, 4) is 0 Å². The van der Waals surface area contributed by atoms with Gasteiger partial charge < -0.3 is 65.1 Å². The fourth-order valence-corrected chi connectivity index (χ4v) is 8.76. The van der Waals surface area contributed by atoms with E-state index in [9.17, 15) is 38.4 Å². The highest BCUT2D eigenvalue weighted by molar-refractivity contribution is 7.98. The SMILES string of the molecule is CC[C@H](C)[C@H](NC(=O)[C@H](Cc1ccccc1)NC(=O)[C@H](CCSC)NC(=O)[C@H](Cc1c[nH]c2ccccc12)NC(=O)[C@H](CCCCN)NC(=O)[C@H](C)NC(=O)[C@H](CC(C)C)NC(=O)[C@@H](C)CCCN=C(N)N)C(N)=O. The van der Waals surface area contributed by atoms with Crippen LogP contribution in [-0.4, -0.2) is 126 Å². The minimum absolute atomic E-state index is 0.00242. The van der Waals surface area contributed by atoms with Gasteiger partial charge in [-0.2, -0.15) is 11.8 Å². The number of guanidine groups is 1. The Labute approximate surface area is 445 Å². The first-order valence-corrected chi connectivity index (χ1v) is 27.3. The first-order valence-electron chi connectivity index (χ1n) is 25.9. The number of nitrogens with two attached hydrogens (primary N) is 4. The third-order valence-corrected chi connectivity index (χ3v) is 13.6. The van der Waals surface area contributed by atoms with Gasteiger partial charge in [0.1, 0.15) is 42.3 Å². The molecule has 1 heterocycles. The van der Waals surface area contributed by atoms with E-state index >= 15 is 0 Å². The summed E-state index contributed by atoms with van der Waals surface area (Å²) < 4.78 is 0. The van der Waals surface area contributed by atoms with Crippen molar-refractivity contribution >= 4 is 75.9 Å². The molecule has 8 amide bonds. The predicted octanol–water partition coefficient (Wildman–Crippen LogP) is 1.52. The van der Waals surface area contributed by atoms with Crippen LogP contribution in [0, 0.1) is 17.8 Å². The van der Waals surface area contributed by atoms with E-state index in [1.54, 1.807) is 44.3 Å². The first kappa shape index (κ1) is 62.6. The molecule has 0 aliphatic heterocycles. The number of fused-ring (bicyclic) bond motifs is 1. The molecule has 1 aromatic heterocycles. The number of nitrogens with one attached hydrogen (secondary N) is 8. The van der Waals surface area contributed by atoms with E-state index in [1.807, 2.05) is 57.4 Å². The predicted molar refractivity (Wildman–Crippen MR) is 294 cm³/mol. The van der Waals surface area contributed by atoms with E-state index in [4.69, 9.17) is 22.9 Å². The number of thioether (sulfide) groups is 1. The molecule has 0 bridgehead atoms. The standard InChI is InChI=1S/C53H83N13O8S/c1-8-32(4)44(45(55)67)66-52(74)42(28-35-18-10-9-11-19-35)64-49(71)40(23-26-75-7)62-51(73)43(29-36-30-59-38-21-13-12-20-37(36)38)65-48(70)39(22-14-15-24-54)61-47(69)34(6)60-50(72)41(27-31(2)3)63-46(68)33(5)17-16-25-58-53(56)57/h9-13,18-21,30-34,39-44,59H,8,14-17,22-29,54H2,1-7H3,(H2,55,67)(H,60,72)(H,61,69)(H,62,73)(H,63,68)(H,64,71)(H,65,70)(H,66,74)(H4,56,57,58)/t32-,33-,34-,39-,40-,41-,42-,43-,44-/m0/s1. The van der Waals surface area contributed by atoms with Crippen LogP contribution in [0.5, 0.6) is 0 Å². The van der Waals surface area contributed by atoms with Crippen LogP contribution >= 0.6 is 11.8 Å². The molecule has 16 N–H and O–H groups in total. The van der Waals surface area contributed by atoms with Gasteiger partial charge in [-0.15, -0.1) is 0 Å². The number of aliphatic imine (C=N–C) groups is 1. The van der Waals surface area contributed by atoms with Crippen LogP contribution in [0.15, 0.2) is 65.8 Å². The van der Waals surface area contributed by atoms with E-state index in [2.05, 4.69) is 47.2 Å². The van der Waals surface area contributed by atoms with Crippen molar-refractivity contribution in [1.82, 2.24) is 42.2 Å². The van der Waals surface area contributed by atoms with Gasteiger partial charge in [-0.3, -0.25) is 43.3 Å². The van der Waals surface area contributed by atoms with Gasteiger partial charge in [0.25, 0.3) is 0 Å². The number of primary amides is 1. The van der Waals surface area contributed by atoms with Gasteiger partial charge in [0, 0.05) is 42.4 Å². The number of H-pyrrole nitrogens is 1. The van der Waals surface area contributed by atoms with Crippen molar-refractivity contribution in [3.05, 3.63) is 71.9 Å². The van der Waals surface area contributed by atoms with Crippen LogP contribution in [0.25, 0.3) is 10.9 Å². The molecule has 0 unspecified atom stereocenters. The molecule has 0 aliphatic rings. The fourth-order valence-electron chi connectivity index (χ4n) is 8.29. The highest BCUT2D eigenvalue weighted by Crippen LogP contribution is 2.20. The smallest absolute Gasteiger partial charge is 0.243 e. The van der Waals surface area contributed by atoms with Gasteiger partial charge in [0.15, 0.2) is 5.96 Å². The fraction of sp³-hybridized carbons (Fsp3) is 0.566. The molecule has 0 aliphatic carbocycles. The Morgan fingerprint density at radius 1 is 0.613 bits per heavy atom. The van der Waals surface area contributed by atoms with Gasteiger partial charge in [0.2, 0.25) is 47.3 Å². The maximum atomic E-state index is 14.7. The molecule has 0 saturated heterocycles. The number of carbonyl (C=O) groups excluding carboxylic acids is 8. The number of para-hydroxylation sites is 1. The third-order valence-electron chi connectivity index (χ3n) is 12.9. The maximum Gasteiger partial charge on any atom is 0.243 e. The number of nitrogens with zero attached hydrogens (tertiary/aromatic N) is 1. The van der Waals surface area contributed by atoms with Crippen molar-refractivity contribution in [1.29, 1.82) is 0 Å². The molecular formula is C53H83N13O8S. The summed E-state index contributed by atoms with van der Waals surface area (Å²) >= 11 is 1.44. The Balaban J connectivity index is 1.91. The molecule has 3 aromatic rings. The van der Waals surface area contributed by atoms with Crippen LogP contribution < -0.4 is 60.2 Å². The molecule has 0 spiro atoms. The van der Waals surface area contributed by atoms with Crippen molar-refractivity contribution in [3.63, 3.8) is 0 Å². The number of benzene rings is 2. The van der Waals surface area contributed by atoms with E-state index in [-0.39, 0.29) is 55.8 Å². The van der Waals surface area contributed by atoms with Crippen LogP contribution in [0.3, 0.4) is 0 Å². The normalized spacial score (nSPS) is 14.8. The van der Waals surface area contributed by atoms with Gasteiger partial charge >= 0.3 is 0 Å². The highest BCUT2D eigenvalue weighted by atomic mass is 32.2. The number of carbonyl (C=O) groups is 8. The molecule has 75 heavy (non-hydrogen) atoms. The average molecular weight is 1060 g/mol. The summed E-state index contributed by atoms with van der Waals surface area (Å²) in [6.45, 7) is 11.3. The number of hydrogen-bond donors (Lipinski definition) is 12. The van der Waals surface area contributed by atoms with E-state index in [0.717, 1.165) is 16.5 Å². The summed E-state index contributed by atoms with van der Waals surface area (Å²) in [6.07, 6.45) is 6.67. The highest BCUT2D eigenvalue weighted by Gasteiger charge is 2.35. The molecule has 21 nitrogen and oxygen atoms in total. The molecule has 0 fully saturated rings. The minimum Gasteiger partial charge on any atom is -0.370 e. The summed E-state index contributed by atoms with van der Waals surface area (Å²) in [7, 11) is 0. The molecule has 0 radical (unpaired) electrons. The lowest BCUT2D eigenvalue weighted by molar-refractivity contribution is -0.136. The Kier molecular flexibility index (Phi) is 27.2. The molecule has 0 saturated carbocycles. The zero-order valence-electron chi connectivity index (χ0n) is 44.7. The van der Waals surface area contributed by atoms with Crippen LogP contribution in [-0.2, 0) is 51.2 Å². The second kappa shape index (κ2) is 32.6. The van der Waals surface area contributed by atoms with E-state index < -0.39 is 89.6 Å². The zero-order chi connectivity index (χ0) is 55.6. The summed E-state index contributed by atoms with van der Waals surface area (Å²) in [6, 6.07) is 8.48. The molecule has 9 atom stereocenters. The zero-order valence-corrected chi connectivity index (χ0v) is 45.5. The Hall–Kier alpha value is -6.68. The number of amides is 8. The lowest BCUT2D eigenvalue weighted by atomic mass is 9.97. The topological polar surface area (TPSA) is 353 Å². The van der Waals surface area contributed by atoms with Crippen LogP contribution in [0.4, 0.5) is 0 Å². The Morgan fingerprint density at radius 2 is 1.17 bits per heavy atom. The Morgan fingerprint density at radius 3 is 1.79 bits per heavy atom. The number of hydrogen-bond acceptors (Lipinski definition) is 11. The van der Waals surface area contributed by atoms with E-state index in [1.165, 1.54) is 18.7 Å². The van der Waals surface area contributed by atoms with Crippen LogP contribution in [0.2, 0.25) is 0 Å². The van der Waals surface area contributed by atoms with Crippen molar-refractivity contribution in [2.45, 2.75) is 148 Å². The van der Waals surface area contributed by atoms with Gasteiger partial charge in [-0.1, -0.05) is 89.6 Å². The molecule has 2 aromatic carbocycles. The molecule has 3 rings (SSSR count). The number of aromatic nitrogens is 1. The molecule has 414 valence electrons. The largest absolute Gasteiger partial charge is 0.370 e. The summed E-state index contributed by atoms with van der Waals surface area (Å²) in [5.41, 5.74) is 24.5.